The molecule has 1 aromatic heterocycles. The zero-order chi connectivity index (χ0) is 16.3. The first-order chi connectivity index (χ1) is 10.3. The van der Waals surface area contributed by atoms with Crippen molar-refractivity contribution in [3.8, 4) is 0 Å². The van der Waals surface area contributed by atoms with Crippen LogP contribution in [-0.4, -0.2) is 56.3 Å². The first-order valence-electron chi connectivity index (χ1n) is 6.82. The number of aliphatic hydroxyl groups excluding tert-OH is 1. The summed E-state index contributed by atoms with van der Waals surface area (Å²) in [6, 6.07) is 10.9. The number of hydrogen-bond donors (Lipinski definition) is 3. The average molecular weight is 307 g/mol. The quantitative estimate of drug-likeness (QED) is 0.653. The average Bonchev–Trinajstić information content (AvgIpc) is 2.91. The van der Waals surface area contributed by atoms with Crippen LogP contribution in [0.15, 0.2) is 42.6 Å². The molecule has 0 fully saturated rings. The molecule has 0 saturated heterocycles. The minimum atomic E-state index is -2.51. The van der Waals surface area contributed by atoms with Gasteiger partial charge >= 0.3 is 0 Å². The molecule has 0 radical (unpaired) electrons. The minimum absolute atomic E-state index is 0.680. The van der Waals surface area contributed by atoms with Crippen LogP contribution >= 0.6 is 0 Å². The van der Waals surface area contributed by atoms with Crippen LogP contribution in [0.2, 0.25) is 0 Å². The Balaban J connectivity index is 2.33. The van der Waals surface area contributed by atoms with Gasteiger partial charge in [-0.25, -0.2) is 0 Å². The Morgan fingerprint density at radius 2 is 1.82 bits per heavy atom. The van der Waals surface area contributed by atoms with E-state index in [4.69, 9.17) is 4.74 Å². The number of likely N-dealkylation sites (N-methyl/N-ethyl adjacent to an activating group) is 1. The monoisotopic (exact) mass is 307 g/mol. The molecule has 7 heteroatoms. The third-order valence-corrected chi connectivity index (χ3v) is 3.48. The largest absolute Gasteiger partial charge is 0.363 e. The highest BCUT2D eigenvalue weighted by atomic mass is 16.7. The summed E-state index contributed by atoms with van der Waals surface area (Å²) in [4.78, 5) is 1.06. The van der Waals surface area contributed by atoms with E-state index >= 15 is 0 Å². The van der Waals surface area contributed by atoms with Gasteiger partial charge < -0.3 is 20.1 Å². The maximum absolute atomic E-state index is 10.1. The van der Waals surface area contributed by atoms with Crippen LogP contribution in [-0.2, 0) is 11.8 Å². The van der Waals surface area contributed by atoms with Crippen LogP contribution in [0.1, 0.15) is 17.4 Å². The summed E-state index contributed by atoms with van der Waals surface area (Å²) in [6.45, 7) is 0. The van der Waals surface area contributed by atoms with Crippen molar-refractivity contribution in [1.82, 2.24) is 14.7 Å². The summed E-state index contributed by atoms with van der Waals surface area (Å²) in [5.74, 6) is -2.51. The molecule has 3 N–H and O–H groups in total. The zero-order valence-electron chi connectivity index (χ0n) is 12.8. The molecule has 2 aromatic rings. The van der Waals surface area contributed by atoms with Gasteiger partial charge in [0.15, 0.2) is 0 Å². The van der Waals surface area contributed by atoms with Gasteiger partial charge in [-0.2, -0.15) is 5.10 Å². The molecule has 2 unspecified atom stereocenters. The van der Waals surface area contributed by atoms with E-state index in [0.717, 1.165) is 10.5 Å². The van der Waals surface area contributed by atoms with E-state index in [0.29, 0.717) is 5.69 Å². The number of aromatic nitrogens is 2. The van der Waals surface area contributed by atoms with Gasteiger partial charge in [0.05, 0.1) is 5.69 Å². The molecule has 0 amide bonds. The molecule has 120 valence electrons. The third kappa shape index (κ3) is 3.34. The lowest BCUT2D eigenvalue weighted by molar-refractivity contribution is -0.365. The third-order valence-electron chi connectivity index (χ3n) is 3.48. The Bertz CT molecular complexity index is 598. The van der Waals surface area contributed by atoms with Gasteiger partial charge in [0.2, 0.25) is 6.29 Å². The number of aliphatic hydroxyl groups is 3. The summed E-state index contributed by atoms with van der Waals surface area (Å²) in [5, 5.41) is 34.0. The van der Waals surface area contributed by atoms with Gasteiger partial charge in [-0.1, -0.05) is 30.3 Å². The molecule has 2 rings (SSSR count). The fourth-order valence-electron chi connectivity index (χ4n) is 2.03. The highest BCUT2D eigenvalue weighted by Gasteiger charge is 2.39. The second-order valence-corrected chi connectivity index (χ2v) is 5.24. The van der Waals surface area contributed by atoms with E-state index in [1.165, 1.54) is 14.1 Å². The second kappa shape index (κ2) is 6.55. The Morgan fingerprint density at radius 1 is 1.18 bits per heavy atom. The van der Waals surface area contributed by atoms with E-state index in [2.05, 4.69) is 5.10 Å². The Labute approximate surface area is 129 Å². The standard InChI is InChI=1S/C15H21N3O4/c1-17(2)15(20,21)14(19)22-13(11-7-5-4-6-8-11)12-9-10-16-18(12)3/h4-10,13-14,19-21H,1-3H3. The van der Waals surface area contributed by atoms with Crippen molar-refractivity contribution in [1.29, 1.82) is 0 Å². The molecule has 0 aliphatic heterocycles. The molecule has 0 aliphatic carbocycles. The van der Waals surface area contributed by atoms with Crippen molar-refractivity contribution in [2.75, 3.05) is 14.1 Å². The molecule has 0 saturated carbocycles. The van der Waals surface area contributed by atoms with Crippen molar-refractivity contribution >= 4 is 0 Å². The number of hydrogen-bond acceptors (Lipinski definition) is 6. The summed E-state index contributed by atoms with van der Waals surface area (Å²) >= 11 is 0. The first kappa shape index (κ1) is 16.6. The Morgan fingerprint density at radius 3 is 2.32 bits per heavy atom. The lowest BCUT2D eigenvalue weighted by Gasteiger charge is -2.34. The van der Waals surface area contributed by atoms with Crippen LogP contribution < -0.4 is 0 Å². The zero-order valence-corrected chi connectivity index (χ0v) is 12.8. The lowest BCUT2D eigenvalue weighted by atomic mass is 10.1. The SMILES string of the molecule is CN(C)C(O)(O)C(O)OC(c1ccccc1)c1ccnn1C. The topological polar surface area (TPSA) is 91.0 Å². The van der Waals surface area contributed by atoms with Gasteiger partial charge in [-0.05, 0) is 25.7 Å². The second-order valence-electron chi connectivity index (χ2n) is 5.24. The molecule has 1 heterocycles. The fourth-order valence-corrected chi connectivity index (χ4v) is 2.03. The molecule has 2 atom stereocenters. The maximum atomic E-state index is 10.1. The van der Waals surface area contributed by atoms with E-state index < -0.39 is 18.3 Å². The number of ether oxygens (including phenoxy) is 1. The summed E-state index contributed by atoms with van der Waals surface area (Å²) in [7, 11) is 4.60. The Hall–Kier alpha value is -1.77. The van der Waals surface area contributed by atoms with Crippen LogP contribution in [0, 0.1) is 0 Å². The van der Waals surface area contributed by atoms with Crippen LogP contribution in [0.25, 0.3) is 0 Å². The normalized spacial score (nSPS) is 15.0. The smallest absolute Gasteiger partial charge is 0.278 e. The number of benzene rings is 1. The fraction of sp³-hybridized carbons (Fsp3) is 0.400. The molecule has 0 spiro atoms. The van der Waals surface area contributed by atoms with Crippen LogP contribution in [0.5, 0.6) is 0 Å². The Kier molecular flexibility index (Phi) is 4.94. The highest BCUT2D eigenvalue weighted by Crippen LogP contribution is 2.28. The van der Waals surface area contributed by atoms with Gasteiger partial charge in [0.25, 0.3) is 5.91 Å². The lowest BCUT2D eigenvalue weighted by Crippen LogP contribution is -2.55. The summed E-state index contributed by atoms with van der Waals surface area (Å²) in [6.07, 6.45) is -0.914. The molecule has 0 bridgehead atoms. The number of aryl methyl sites for hydroxylation is 1. The van der Waals surface area contributed by atoms with E-state index in [-0.39, 0.29) is 0 Å². The van der Waals surface area contributed by atoms with Crippen molar-refractivity contribution in [2.24, 2.45) is 7.05 Å². The van der Waals surface area contributed by atoms with Gasteiger partial charge in [0.1, 0.15) is 6.10 Å². The molecular weight excluding hydrogens is 286 g/mol. The van der Waals surface area contributed by atoms with Gasteiger partial charge in [-0.3, -0.25) is 9.58 Å². The highest BCUT2D eigenvalue weighted by molar-refractivity contribution is 5.25. The molecule has 1 aromatic carbocycles. The maximum Gasteiger partial charge on any atom is 0.278 e. The van der Waals surface area contributed by atoms with Crippen LogP contribution in [0.4, 0.5) is 0 Å². The van der Waals surface area contributed by atoms with E-state index in [9.17, 15) is 15.3 Å². The van der Waals surface area contributed by atoms with Crippen molar-refractivity contribution < 1.29 is 20.1 Å². The number of nitrogens with zero attached hydrogens (tertiary/aromatic N) is 3. The van der Waals surface area contributed by atoms with E-state index in [1.807, 2.05) is 30.3 Å². The summed E-state index contributed by atoms with van der Waals surface area (Å²) in [5.41, 5.74) is 1.44. The molecule has 7 nitrogen and oxygen atoms in total. The van der Waals surface area contributed by atoms with E-state index in [1.54, 1.807) is 24.0 Å². The van der Waals surface area contributed by atoms with Crippen LogP contribution in [0.3, 0.4) is 0 Å². The molecule has 22 heavy (non-hydrogen) atoms. The molecule has 0 aliphatic rings. The van der Waals surface area contributed by atoms with Crippen molar-refractivity contribution in [3.63, 3.8) is 0 Å². The van der Waals surface area contributed by atoms with Gasteiger partial charge in [0, 0.05) is 13.2 Å². The predicted molar refractivity (Wildman–Crippen MR) is 79.4 cm³/mol. The van der Waals surface area contributed by atoms with Crippen molar-refractivity contribution in [2.45, 2.75) is 18.3 Å². The van der Waals surface area contributed by atoms with Gasteiger partial charge in [-0.15, -0.1) is 0 Å². The van der Waals surface area contributed by atoms with Crippen molar-refractivity contribution in [3.05, 3.63) is 53.9 Å². The first-order valence-corrected chi connectivity index (χ1v) is 6.82. The summed E-state index contributed by atoms with van der Waals surface area (Å²) < 4.78 is 7.15. The predicted octanol–water partition coefficient (Wildman–Crippen LogP) is 0.0445. The minimum Gasteiger partial charge on any atom is -0.363 e. The molecular formula is C15H21N3O4. The number of rotatable bonds is 6.